The van der Waals surface area contributed by atoms with Crippen LogP contribution in [-0.2, 0) is 16.0 Å². The topological polar surface area (TPSA) is 72.2 Å². The first-order chi connectivity index (χ1) is 9.97. The van der Waals surface area contributed by atoms with Gasteiger partial charge in [0, 0.05) is 12.0 Å². The molecule has 0 radical (unpaired) electrons. The van der Waals surface area contributed by atoms with Gasteiger partial charge in [-0.25, -0.2) is 0 Å². The fraction of sp³-hybridized carbons (Fsp3) is 0.467. The average Bonchev–Trinajstić information content (AvgIpc) is 2.44. The molecular formula is C15H18Cl2N2O2. The average molecular weight is 329 g/mol. The molecule has 3 N–H and O–H groups in total. The predicted molar refractivity (Wildman–Crippen MR) is 83.2 cm³/mol. The molecule has 0 unspecified atom stereocenters. The molecule has 1 aliphatic rings. The van der Waals surface area contributed by atoms with E-state index in [2.05, 4.69) is 5.32 Å². The summed E-state index contributed by atoms with van der Waals surface area (Å²) >= 11 is 12.0. The van der Waals surface area contributed by atoms with Gasteiger partial charge in [0.25, 0.3) is 0 Å². The molecule has 114 valence electrons. The molecule has 6 heteroatoms. The Bertz CT molecular complexity index is 548. The van der Waals surface area contributed by atoms with E-state index in [0.29, 0.717) is 22.0 Å². The molecule has 1 aromatic rings. The molecule has 0 heterocycles. The van der Waals surface area contributed by atoms with Crippen molar-refractivity contribution in [3.05, 3.63) is 33.8 Å². The zero-order chi connectivity index (χ0) is 15.4. The van der Waals surface area contributed by atoms with Gasteiger partial charge in [0.15, 0.2) is 0 Å². The van der Waals surface area contributed by atoms with Gasteiger partial charge in [-0.3, -0.25) is 9.59 Å². The van der Waals surface area contributed by atoms with Gasteiger partial charge in [0.2, 0.25) is 11.8 Å². The molecule has 0 aliphatic heterocycles. The van der Waals surface area contributed by atoms with Crippen molar-refractivity contribution in [3.8, 4) is 0 Å². The Morgan fingerprint density at radius 2 is 2.05 bits per heavy atom. The Labute approximate surface area is 134 Å². The van der Waals surface area contributed by atoms with Gasteiger partial charge < -0.3 is 11.1 Å². The smallest absolute Gasteiger partial charge is 0.224 e. The number of hydrogen-bond donors (Lipinski definition) is 2. The van der Waals surface area contributed by atoms with Gasteiger partial charge >= 0.3 is 0 Å². The quantitative estimate of drug-likeness (QED) is 0.891. The first kappa shape index (κ1) is 16.1. The van der Waals surface area contributed by atoms with Gasteiger partial charge in [0.05, 0.1) is 16.5 Å². The number of amides is 2. The van der Waals surface area contributed by atoms with Crippen molar-refractivity contribution in [2.75, 3.05) is 0 Å². The van der Waals surface area contributed by atoms with Crippen LogP contribution in [0.15, 0.2) is 18.2 Å². The second kappa shape index (κ2) is 7.14. The van der Waals surface area contributed by atoms with Crippen molar-refractivity contribution in [2.45, 2.75) is 38.1 Å². The zero-order valence-electron chi connectivity index (χ0n) is 11.6. The molecule has 2 rings (SSSR count). The highest BCUT2D eigenvalue weighted by molar-refractivity contribution is 6.42. The normalized spacial score (nSPS) is 21.8. The monoisotopic (exact) mass is 328 g/mol. The van der Waals surface area contributed by atoms with E-state index in [9.17, 15) is 9.59 Å². The van der Waals surface area contributed by atoms with Gasteiger partial charge in [-0.1, -0.05) is 41.8 Å². The van der Waals surface area contributed by atoms with Crippen LogP contribution in [0.4, 0.5) is 0 Å². The molecule has 1 fully saturated rings. The molecule has 0 bridgehead atoms. The minimum absolute atomic E-state index is 0.00158. The van der Waals surface area contributed by atoms with Crippen LogP contribution in [0.25, 0.3) is 0 Å². The van der Waals surface area contributed by atoms with Crippen LogP contribution in [0.5, 0.6) is 0 Å². The van der Waals surface area contributed by atoms with Gasteiger partial charge in [-0.2, -0.15) is 0 Å². The Kier molecular flexibility index (Phi) is 5.48. The standard InChI is InChI=1S/C15H18Cl2N2O2/c16-12-6-2-3-9(14(12)17)8-13(20)19-11-5-1-4-10(7-11)15(18)21/h2-3,6,10-11H,1,4-5,7-8H2,(H2,18,21)(H,19,20)/t10-,11+/m0/s1. The number of carbonyl (C=O) groups is 2. The largest absolute Gasteiger partial charge is 0.369 e. The second-order valence-electron chi connectivity index (χ2n) is 5.42. The van der Waals surface area contributed by atoms with Crippen LogP contribution in [0.2, 0.25) is 10.0 Å². The summed E-state index contributed by atoms with van der Waals surface area (Å²) in [5.41, 5.74) is 6.03. The highest BCUT2D eigenvalue weighted by atomic mass is 35.5. The Morgan fingerprint density at radius 1 is 1.29 bits per heavy atom. The van der Waals surface area contributed by atoms with Gasteiger partial charge in [-0.05, 0) is 30.9 Å². The summed E-state index contributed by atoms with van der Waals surface area (Å²) < 4.78 is 0. The van der Waals surface area contributed by atoms with Crippen LogP contribution in [0.1, 0.15) is 31.2 Å². The van der Waals surface area contributed by atoms with Crippen molar-refractivity contribution in [2.24, 2.45) is 11.7 Å². The molecule has 21 heavy (non-hydrogen) atoms. The third-order valence-electron chi connectivity index (χ3n) is 3.82. The lowest BCUT2D eigenvalue weighted by atomic mass is 9.85. The van der Waals surface area contributed by atoms with E-state index in [1.807, 2.05) is 0 Å². The zero-order valence-corrected chi connectivity index (χ0v) is 13.1. The lowest BCUT2D eigenvalue weighted by molar-refractivity contribution is -0.125. The lowest BCUT2D eigenvalue weighted by Gasteiger charge is -2.28. The van der Waals surface area contributed by atoms with E-state index in [1.165, 1.54) is 0 Å². The van der Waals surface area contributed by atoms with Crippen molar-refractivity contribution in [1.29, 1.82) is 0 Å². The molecule has 0 saturated heterocycles. The number of hydrogen-bond acceptors (Lipinski definition) is 2. The van der Waals surface area contributed by atoms with Crippen LogP contribution in [0.3, 0.4) is 0 Å². The molecule has 1 saturated carbocycles. The molecule has 1 aliphatic carbocycles. The second-order valence-corrected chi connectivity index (χ2v) is 6.21. The molecule has 2 amide bonds. The maximum Gasteiger partial charge on any atom is 0.224 e. The molecule has 2 atom stereocenters. The van der Waals surface area contributed by atoms with Gasteiger partial charge in [-0.15, -0.1) is 0 Å². The van der Waals surface area contributed by atoms with E-state index < -0.39 is 0 Å². The summed E-state index contributed by atoms with van der Waals surface area (Å²) in [4.78, 5) is 23.3. The Morgan fingerprint density at radius 3 is 2.76 bits per heavy atom. The van der Waals surface area contributed by atoms with E-state index in [1.54, 1.807) is 18.2 Å². The van der Waals surface area contributed by atoms with E-state index in [4.69, 9.17) is 28.9 Å². The van der Waals surface area contributed by atoms with Gasteiger partial charge in [0.1, 0.15) is 0 Å². The maximum absolute atomic E-state index is 12.1. The third kappa shape index (κ3) is 4.35. The van der Waals surface area contributed by atoms with Crippen LogP contribution in [0, 0.1) is 5.92 Å². The van der Waals surface area contributed by atoms with Crippen molar-refractivity contribution >= 4 is 35.0 Å². The summed E-state index contributed by atoms with van der Waals surface area (Å²) in [6.07, 6.45) is 3.37. The number of primary amides is 1. The third-order valence-corrected chi connectivity index (χ3v) is 4.68. The summed E-state index contributed by atoms with van der Waals surface area (Å²) in [6, 6.07) is 5.23. The summed E-state index contributed by atoms with van der Waals surface area (Å²) in [5, 5.41) is 3.80. The number of carbonyl (C=O) groups excluding carboxylic acids is 2. The van der Waals surface area contributed by atoms with E-state index in [0.717, 1.165) is 19.3 Å². The number of nitrogens with one attached hydrogen (secondary N) is 1. The fourth-order valence-corrected chi connectivity index (χ4v) is 3.10. The summed E-state index contributed by atoms with van der Waals surface area (Å²) in [7, 11) is 0. The van der Waals surface area contributed by atoms with Crippen LogP contribution in [-0.4, -0.2) is 17.9 Å². The SMILES string of the molecule is NC(=O)[C@H]1CCC[C@@H](NC(=O)Cc2cccc(Cl)c2Cl)C1. The predicted octanol–water partition coefficient (Wildman–Crippen LogP) is 2.70. The highest BCUT2D eigenvalue weighted by Crippen LogP contribution is 2.27. The number of halogens is 2. The highest BCUT2D eigenvalue weighted by Gasteiger charge is 2.26. The van der Waals surface area contributed by atoms with Crippen molar-refractivity contribution in [1.82, 2.24) is 5.32 Å². The minimum Gasteiger partial charge on any atom is -0.369 e. The Hall–Kier alpha value is -1.26. The van der Waals surface area contributed by atoms with E-state index >= 15 is 0 Å². The first-order valence-electron chi connectivity index (χ1n) is 6.99. The van der Waals surface area contributed by atoms with Crippen LogP contribution < -0.4 is 11.1 Å². The number of nitrogens with two attached hydrogens (primary N) is 1. The summed E-state index contributed by atoms with van der Waals surface area (Å²) in [6.45, 7) is 0. The minimum atomic E-state index is -0.285. The fourth-order valence-electron chi connectivity index (χ4n) is 2.72. The molecular weight excluding hydrogens is 311 g/mol. The Balaban J connectivity index is 1.92. The molecule has 4 nitrogen and oxygen atoms in total. The maximum atomic E-state index is 12.1. The number of rotatable bonds is 4. The van der Waals surface area contributed by atoms with Crippen LogP contribution >= 0.6 is 23.2 Å². The molecule has 0 spiro atoms. The number of benzene rings is 1. The summed E-state index contributed by atoms with van der Waals surface area (Å²) in [5.74, 6) is -0.542. The lowest BCUT2D eigenvalue weighted by Crippen LogP contribution is -2.41. The molecule has 1 aromatic carbocycles. The van der Waals surface area contributed by atoms with Crippen molar-refractivity contribution < 1.29 is 9.59 Å². The molecule has 0 aromatic heterocycles. The van der Waals surface area contributed by atoms with Crippen molar-refractivity contribution in [3.63, 3.8) is 0 Å². The first-order valence-corrected chi connectivity index (χ1v) is 7.74. The van der Waals surface area contributed by atoms with E-state index in [-0.39, 0.29) is 30.2 Å².